The number of hydrogen-bond acceptors (Lipinski definition) is 3. The van der Waals surface area contributed by atoms with E-state index in [0.717, 1.165) is 16.7 Å². The summed E-state index contributed by atoms with van der Waals surface area (Å²) in [4.78, 5) is 25.8. The van der Waals surface area contributed by atoms with Crippen LogP contribution in [0.25, 0.3) is 16.7 Å². The Hall–Kier alpha value is -3.41. The van der Waals surface area contributed by atoms with Gasteiger partial charge in [-0.2, -0.15) is 0 Å². The average molecular weight is 392 g/mol. The zero-order valence-electron chi connectivity index (χ0n) is 16.3. The van der Waals surface area contributed by atoms with Gasteiger partial charge in [0.15, 0.2) is 5.75 Å². The Morgan fingerprint density at radius 2 is 2.03 bits per heavy atom. The van der Waals surface area contributed by atoms with E-state index in [2.05, 4.69) is 6.58 Å². The molecule has 1 heterocycles. The van der Waals surface area contributed by atoms with Crippen LogP contribution in [0.3, 0.4) is 0 Å². The molecule has 0 saturated heterocycles. The molecule has 2 aromatic carbocycles. The van der Waals surface area contributed by atoms with Crippen molar-refractivity contribution in [3.05, 3.63) is 65.0 Å². The lowest BCUT2D eigenvalue weighted by Crippen LogP contribution is -2.36. The van der Waals surface area contributed by atoms with E-state index in [4.69, 9.17) is 10.5 Å². The van der Waals surface area contributed by atoms with E-state index in [1.165, 1.54) is 12.1 Å². The molecule has 2 amide bonds. The first-order valence-electron chi connectivity index (χ1n) is 9.37. The van der Waals surface area contributed by atoms with Crippen molar-refractivity contribution in [2.24, 2.45) is 5.73 Å². The number of carbonyl (C=O) groups is 2. The molecule has 0 atom stereocenters. The number of fused-ring (bicyclic) bond motifs is 2. The number of anilines is 1. The maximum atomic E-state index is 15.4. The third-order valence-corrected chi connectivity index (χ3v) is 5.67. The van der Waals surface area contributed by atoms with Crippen LogP contribution >= 0.6 is 0 Å². The Bertz CT molecular complexity index is 1120. The molecule has 148 valence electrons. The molecule has 0 aromatic heterocycles. The molecule has 5 nitrogen and oxygen atoms in total. The van der Waals surface area contributed by atoms with Crippen LogP contribution in [0.5, 0.6) is 5.75 Å². The van der Waals surface area contributed by atoms with Gasteiger partial charge >= 0.3 is 0 Å². The molecule has 0 unspecified atom stereocenters. The van der Waals surface area contributed by atoms with Crippen LogP contribution in [0.15, 0.2) is 42.5 Å². The van der Waals surface area contributed by atoms with Crippen molar-refractivity contribution in [1.29, 1.82) is 0 Å². The van der Waals surface area contributed by atoms with Crippen molar-refractivity contribution in [3.63, 3.8) is 0 Å². The lowest BCUT2D eigenvalue weighted by atomic mass is 9.89. The van der Waals surface area contributed by atoms with Crippen molar-refractivity contribution in [2.45, 2.75) is 20.3 Å². The van der Waals surface area contributed by atoms with Crippen LogP contribution in [0.2, 0.25) is 0 Å². The fourth-order valence-corrected chi connectivity index (χ4v) is 4.17. The van der Waals surface area contributed by atoms with Crippen molar-refractivity contribution < 1.29 is 18.7 Å². The second-order valence-electron chi connectivity index (χ2n) is 7.28. The highest BCUT2D eigenvalue weighted by Crippen LogP contribution is 2.48. The van der Waals surface area contributed by atoms with Gasteiger partial charge in [0.2, 0.25) is 5.91 Å². The minimum atomic E-state index is -0.650. The summed E-state index contributed by atoms with van der Waals surface area (Å²) in [5.41, 5.74) is 10.6. The Labute approximate surface area is 168 Å². The van der Waals surface area contributed by atoms with Gasteiger partial charge in [0.05, 0.1) is 12.2 Å². The first kappa shape index (κ1) is 18.9. The fraction of sp³-hybridized carbons (Fsp3) is 0.217. The van der Waals surface area contributed by atoms with E-state index in [1.807, 2.05) is 13.8 Å². The van der Waals surface area contributed by atoms with Gasteiger partial charge in [-0.25, -0.2) is 4.39 Å². The Morgan fingerprint density at radius 1 is 1.28 bits per heavy atom. The quantitative estimate of drug-likeness (QED) is 0.807. The molecule has 0 radical (unpaired) electrons. The number of benzene rings is 2. The third kappa shape index (κ3) is 2.83. The molecule has 0 saturated carbocycles. The van der Waals surface area contributed by atoms with Gasteiger partial charge in [-0.15, -0.1) is 0 Å². The summed E-state index contributed by atoms with van der Waals surface area (Å²) in [5, 5.41) is 0. The number of para-hydroxylation sites is 1. The monoisotopic (exact) mass is 392 g/mol. The van der Waals surface area contributed by atoms with Gasteiger partial charge in [0.25, 0.3) is 5.91 Å². The highest BCUT2D eigenvalue weighted by Gasteiger charge is 2.31. The topological polar surface area (TPSA) is 72.6 Å². The molecule has 1 aliphatic carbocycles. The van der Waals surface area contributed by atoms with Crippen molar-refractivity contribution >= 4 is 23.1 Å². The number of halogens is 1. The number of primary amides is 1. The van der Waals surface area contributed by atoms with E-state index >= 15 is 4.39 Å². The van der Waals surface area contributed by atoms with Crippen LogP contribution in [0, 0.1) is 5.82 Å². The van der Waals surface area contributed by atoms with E-state index in [0.29, 0.717) is 47.7 Å². The number of hydrogen-bond donors (Lipinski definition) is 1. The molecule has 1 aliphatic heterocycles. The fourth-order valence-electron chi connectivity index (χ4n) is 4.17. The summed E-state index contributed by atoms with van der Waals surface area (Å²) in [5.74, 6) is -0.994. The van der Waals surface area contributed by atoms with Crippen LogP contribution in [-0.4, -0.2) is 25.0 Å². The van der Waals surface area contributed by atoms with Crippen molar-refractivity contribution in [2.75, 3.05) is 18.1 Å². The van der Waals surface area contributed by atoms with Gasteiger partial charge in [0.1, 0.15) is 12.4 Å². The van der Waals surface area contributed by atoms with E-state index in [9.17, 15) is 9.59 Å². The molecule has 4 rings (SSSR count). The van der Waals surface area contributed by atoms with Crippen LogP contribution in [0.1, 0.15) is 35.3 Å². The zero-order chi connectivity index (χ0) is 20.9. The van der Waals surface area contributed by atoms with E-state index in [1.54, 1.807) is 23.1 Å². The van der Waals surface area contributed by atoms with E-state index in [-0.39, 0.29) is 11.5 Å². The molecule has 0 spiro atoms. The maximum Gasteiger partial charge on any atom is 0.250 e. The van der Waals surface area contributed by atoms with Gasteiger partial charge < -0.3 is 15.4 Å². The van der Waals surface area contributed by atoms with Gasteiger partial charge in [0, 0.05) is 16.7 Å². The Morgan fingerprint density at radius 3 is 2.72 bits per heavy atom. The predicted molar refractivity (Wildman–Crippen MR) is 110 cm³/mol. The van der Waals surface area contributed by atoms with Crippen LogP contribution < -0.4 is 15.4 Å². The molecule has 29 heavy (non-hydrogen) atoms. The normalized spacial score (nSPS) is 14.9. The number of carbonyl (C=O) groups excluding carboxylic acids is 2. The summed E-state index contributed by atoms with van der Waals surface area (Å²) in [6.07, 6.45) is 1.79. The molecular weight excluding hydrogens is 371 g/mol. The molecule has 6 heteroatoms. The Kier molecular flexibility index (Phi) is 4.49. The lowest BCUT2D eigenvalue weighted by Gasteiger charge is -2.30. The summed E-state index contributed by atoms with van der Waals surface area (Å²) >= 11 is 0. The molecular formula is C23H21FN2O3. The summed E-state index contributed by atoms with van der Waals surface area (Å²) in [6, 6.07) is 6.51. The van der Waals surface area contributed by atoms with Gasteiger partial charge in [-0.1, -0.05) is 24.3 Å². The Balaban J connectivity index is 2.01. The van der Waals surface area contributed by atoms with Gasteiger partial charge in [-0.05, 0) is 55.2 Å². The third-order valence-electron chi connectivity index (χ3n) is 5.67. The molecule has 2 aliphatic rings. The number of rotatable bonds is 3. The number of nitrogens with two attached hydrogens (primary N) is 1. The summed E-state index contributed by atoms with van der Waals surface area (Å²) in [6.45, 7) is 8.11. The number of amides is 2. The largest absolute Gasteiger partial charge is 0.489 e. The van der Waals surface area contributed by atoms with Crippen molar-refractivity contribution in [1.82, 2.24) is 0 Å². The number of allylic oxidation sites excluding steroid dienone is 2. The molecule has 2 N–H and O–H groups in total. The predicted octanol–water partition coefficient (Wildman–Crippen LogP) is 3.85. The highest BCUT2D eigenvalue weighted by molar-refractivity contribution is 6.05. The minimum absolute atomic E-state index is 0.201. The second-order valence-corrected chi connectivity index (χ2v) is 7.28. The SMILES string of the molecule is C=CC(=O)N1CCOc2c(-c3c(F)cc(C(N)=O)c4c3C(C)=C(C)C4)cccc21. The highest BCUT2D eigenvalue weighted by atomic mass is 19.1. The standard InChI is InChI=1S/C23H21FN2O3/c1-4-19(27)26-8-9-29-22-14(6-5-7-18(22)26)21-17(24)11-16(23(25)28)15-10-12(2)13(3)20(15)21/h4-7,11H,1,8-10H2,2-3H3,(H2,25,28). The maximum absolute atomic E-state index is 15.4. The first-order chi connectivity index (χ1) is 13.8. The first-order valence-corrected chi connectivity index (χ1v) is 9.37. The molecule has 0 bridgehead atoms. The smallest absolute Gasteiger partial charge is 0.250 e. The average Bonchev–Trinajstić information content (AvgIpc) is 3.00. The molecule has 0 fully saturated rings. The second kappa shape index (κ2) is 6.88. The van der Waals surface area contributed by atoms with Crippen LogP contribution in [0.4, 0.5) is 10.1 Å². The molecule has 2 aromatic rings. The van der Waals surface area contributed by atoms with E-state index < -0.39 is 11.7 Å². The van der Waals surface area contributed by atoms with Gasteiger partial charge in [-0.3, -0.25) is 9.59 Å². The summed E-state index contributed by atoms with van der Waals surface area (Å²) in [7, 11) is 0. The number of ether oxygens (including phenoxy) is 1. The lowest BCUT2D eigenvalue weighted by molar-refractivity contribution is -0.114. The number of nitrogens with zero attached hydrogens (tertiary/aromatic N) is 1. The van der Waals surface area contributed by atoms with Crippen LogP contribution in [-0.2, 0) is 11.2 Å². The zero-order valence-corrected chi connectivity index (χ0v) is 16.3. The summed E-state index contributed by atoms with van der Waals surface area (Å²) < 4.78 is 21.2. The van der Waals surface area contributed by atoms with Crippen molar-refractivity contribution in [3.8, 4) is 16.9 Å². The minimum Gasteiger partial charge on any atom is -0.489 e.